The summed E-state index contributed by atoms with van der Waals surface area (Å²) in [6.45, 7) is 10.2. The van der Waals surface area contributed by atoms with E-state index in [0.29, 0.717) is 17.7 Å². The first kappa shape index (κ1) is 15.0. The predicted molar refractivity (Wildman–Crippen MR) is 75.6 cm³/mol. The molecular weight excluding hydrogens is 255 g/mol. The number of hydrogen-bond acceptors (Lipinski definition) is 3. The maximum atomic E-state index is 13.9. The first-order chi connectivity index (χ1) is 9.21. The Morgan fingerprint density at radius 2 is 1.85 bits per heavy atom. The van der Waals surface area contributed by atoms with E-state index in [1.54, 1.807) is 6.07 Å². The van der Waals surface area contributed by atoms with E-state index >= 15 is 0 Å². The van der Waals surface area contributed by atoms with Crippen LogP contribution >= 0.6 is 0 Å². The summed E-state index contributed by atoms with van der Waals surface area (Å²) in [6.07, 6.45) is 0. The number of morpholine rings is 1. The zero-order chi connectivity index (χ0) is 15.0. The number of benzene rings is 1. The van der Waals surface area contributed by atoms with E-state index in [4.69, 9.17) is 10.00 Å². The zero-order valence-electron chi connectivity index (χ0n) is 12.5. The Bertz CT molecular complexity index is 530. The van der Waals surface area contributed by atoms with Gasteiger partial charge in [-0.3, -0.25) is 4.90 Å². The van der Waals surface area contributed by atoms with Crippen molar-refractivity contribution in [3.8, 4) is 6.07 Å². The molecule has 3 nitrogen and oxygen atoms in total. The lowest BCUT2D eigenvalue weighted by atomic mass is 9.98. The van der Waals surface area contributed by atoms with Gasteiger partial charge >= 0.3 is 0 Å². The van der Waals surface area contributed by atoms with E-state index in [1.165, 1.54) is 12.1 Å². The molecule has 1 aromatic rings. The van der Waals surface area contributed by atoms with Gasteiger partial charge in [-0.05, 0) is 45.9 Å². The topological polar surface area (TPSA) is 36.3 Å². The molecule has 1 aliphatic rings. The summed E-state index contributed by atoms with van der Waals surface area (Å²) in [6, 6.07) is 6.56. The van der Waals surface area contributed by atoms with Gasteiger partial charge in [0, 0.05) is 25.2 Å². The fraction of sp³-hybridized carbons (Fsp3) is 0.562. The van der Waals surface area contributed by atoms with Gasteiger partial charge in [0.2, 0.25) is 0 Å². The van der Waals surface area contributed by atoms with Gasteiger partial charge in [0.05, 0.1) is 22.8 Å². The molecule has 0 aliphatic carbocycles. The van der Waals surface area contributed by atoms with Crippen molar-refractivity contribution in [2.24, 2.45) is 0 Å². The molecule has 0 bridgehead atoms. The predicted octanol–water partition coefficient (Wildman–Crippen LogP) is 3.09. The van der Waals surface area contributed by atoms with E-state index < -0.39 is 0 Å². The van der Waals surface area contributed by atoms with Crippen LogP contribution in [0.25, 0.3) is 0 Å². The van der Waals surface area contributed by atoms with Crippen LogP contribution in [0.15, 0.2) is 18.2 Å². The molecular formula is C16H21FN2O. The van der Waals surface area contributed by atoms with Gasteiger partial charge in [0.1, 0.15) is 5.82 Å². The largest absolute Gasteiger partial charge is 0.367 e. The maximum absolute atomic E-state index is 13.9. The Morgan fingerprint density at radius 1 is 1.25 bits per heavy atom. The molecule has 1 fully saturated rings. The molecule has 0 radical (unpaired) electrons. The number of hydrogen-bond donors (Lipinski definition) is 0. The molecule has 4 heteroatoms. The fourth-order valence-electron chi connectivity index (χ4n) is 3.06. The summed E-state index contributed by atoms with van der Waals surface area (Å²) in [4.78, 5) is 2.18. The molecule has 0 N–H and O–H groups in total. The van der Waals surface area contributed by atoms with E-state index in [1.807, 2.05) is 27.7 Å². The summed E-state index contributed by atoms with van der Waals surface area (Å²) >= 11 is 0. The molecule has 1 heterocycles. The Labute approximate surface area is 120 Å². The third kappa shape index (κ3) is 3.56. The van der Waals surface area contributed by atoms with Gasteiger partial charge in [-0.1, -0.05) is 0 Å². The summed E-state index contributed by atoms with van der Waals surface area (Å²) in [5, 5.41) is 8.92. The second-order valence-corrected chi connectivity index (χ2v) is 6.68. The normalized spacial score (nSPS) is 21.4. The van der Waals surface area contributed by atoms with Crippen molar-refractivity contribution in [2.75, 3.05) is 13.1 Å². The van der Waals surface area contributed by atoms with Crippen LogP contribution in [0.2, 0.25) is 0 Å². The molecule has 0 amide bonds. The lowest BCUT2D eigenvalue weighted by molar-refractivity contribution is -0.182. The summed E-state index contributed by atoms with van der Waals surface area (Å²) in [5.74, 6) is -0.258. The number of ether oxygens (including phenoxy) is 1. The van der Waals surface area contributed by atoms with Crippen LogP contribution in [0, 0.1) is 17.1 Å². The van der Waals surface area contributed by atoms with Crippen molar-refractivity contribution in [2.45, 2.75) is 45.4 Å². The first-order valence-electron chi connectivity index (χ1n) is 6.82. The van der Waals surface area contributed by atoms with Gasteiger partial charge < -0.3 is 4.74 Å². The van der Waals surface area contributed by atoms with Gasteiger partial charge in [-0.2, -0.15) is 5.26 Å². The van der Waals surface area contributed by atoms with Gasteiger partial charge in [0.25, 0.3) is 0 Å². The van der Waals surface area contributed by atoms with Crippen molar-refractivity contribution < 1.29 is 9.13 Å². The minimum atomic E-state index is -0.259. The van der Waals surface area contributed by atoms with E-state index in [-0.39, 0.29) is 17.0 Å². The highest BCUT2D eigenvalue weighted by Crippen LogP contribution is 2.29. The van der Waals surface area contributed by atoms with Crippen molar-refractivity contribution in [3.05, 3.63) is 35.1 Å². The molecule has 108 valence electrons. The minimum Gasteiger partial charge on any atom is -0.367 e. The van der Waals surface area contributed by atoms with Crippen LogP contribution in [-0.4, -0.2) is 29.2 Å². The standard InChI is InChI=1S/C16H21FN2O/c1-15(2)10-19(11-16(3,4)20-15)9-13-7-12(8-18)5-6-14(13)17/h5-7H,9-11H2,1-4H3. The number of halogens is 1. The highest BCUT2D eigenvalue weighted by molar-refractivity contribution is 5.33. The van der Waals surface area contributed by atoms with Crippen molar-refractivity contribution in [1.29, 1.82) is 5.26 Å². The van der Waals surface area contributed by atoms with Crippen molar-refractivity contribution >= 4 is 0 Å². The van der Waals surface area contributed by atoms with Gasteiger partial charge in [0.15, 0.2) is 0 Å². The summed E-state index contributed by atoms with van der Waals surface area (Å²) < 4.78 is 19.9. The Hall–Kier alpha value is -1.44. The molecule has 1 saturated heterocycles. The van der Waals surface area contributed by atoms with Crippen molar-refractivity contribution in [1.82, 2.24) is 4.90 Å². The zero-order valence-corrected chi connectivity index (χ0v) is 12.5. The molecule has 2 rings (SSSR count). The third-order valence-electron chi connectivity index (χ3n) is 3.33. The van der Waals surface area contributed by atoms with Crippen LogP contribution in [-0.2, 0) is 11.3 Å². The molecule has 0 atom stereocenters. The second kappa shape index (κ2) is 5.16. The highest BCUT2D eigenvalue weighted by atomic mass is 19.1. The highest BCUT2D eigenvalue weighted by Gasteiger charge is 2.38. The maximum Gasteiger partial charge on any atom is 0.127 e. The fourth-order valence-corrected chi connectivity index (χ4v) is 3.06. The monoisotopic (exact) mass is 276 g/mol. The molecule has 0 saturated carbocycles. The van der Waals surface area contributed by atoms with Crippen LogP contribution in [0.1, 0.15) is 38.8 Å². The Morgan fingerprint density at radius 3 is 2.40 bits per heavy atom. The third-order valence-corrected chi connectivity index (χ3v) is 3.33. The van der Waals surface area contributed by atoms with Gasteiger partial charge in [-0.15, -0.1) is 0 Å². The van der Waals surface area contributed by atoms with Crippen molar-refractivity contribution in [3.63, 3.8) is 0 Å². The minimum absolute atomic E-state index is 0.258. The first-order valence-corrected chi connectivity index (χ1v) is 6.82. The smallest absolute Gasteiger partial charge is 0.127 e. The summed E-state index contributed by atoms with van der Waals surface area (Å²) in [5.41, 5.74) is 0.543. The summed E-state index contributed by atoms with van der Waals surface area (Å²) in [7, 11) is 0. The van der Waals surface area contributed by atoms with Crippen LogP contribution in [0.4, 0.5) is 4.39 Å². The number of nitriles is 1. The van der Waals surface area contributed by atoms with Crippen LogP contribution < -0.4 is 0 Å². The van der Waals surface area contributed by atoms with E-state index in [2.05, 4.69) is 11.0 Å². The lowest BCUT2D eigenvalue weighted by Crippen LogP contribution is -2.56. The van der Waals surface area contributed by atoms with Crippen LogP contribution in [0.3, 0.4) is 0 Å². The molecule has 1 aromatic carbocycles. The van der Waals surface area contributed by atoms with Gasteiger partial charge in [-0.25, -0.2) is 4.39 Å². The molecule has 0 unspecified atom stereocenters. The average molecular weight is 276 g/mol. The quantitative estimate of drug-likeness (QED) is 0.833. The molecule has 1 aliphatic heterocycles. The molecule has 20 heavy (non-hydrogen) atoms. The number of nitrogens with zero attached hydrogens (tertiary/aromatic N) is 2. The molecule has 0 aromatic heterocycles. The average Bonchev–Trinajstić information content (AvgIpc) is 2.28. The van der Waals surface area contributed by atoms with E-state index in [0.717, 1.165) is 13.1 Å². The Kier molecular flexibility index (Phi) is 3.86. The second-order valence-electron chi connectivity index (χ2n) is 6.68. The SMILES string of the molecule is CC1(C)CN(Cc2cc(C#N)ccc2F)CC(C)(C)O1. The van der Waals surface area contributed by atoms with E-state index in [9.17, 15) is 4.39 Å². The van der Waals surface area contributed by atoms with Crippen LogP contribution in [0.5, 0.6) is 0 Å². The lowest BCUT2D eigenvalue weighted by Gasteiger charge is -2.47. The number of rotatable bonds is 2. The Balaban J connectivity index is 2.19. The molecule has 0 spiro atoms.